The van der Waals surface area contributed by atoms with Gasteiger partial charge in [-0.3, -0.25) is 11.3 Å². The lowest BCUT2D eigenvalue weighted by Crippen LogP contribution is -2.29. The summed E-state index contributed by atoms with van der Waals surface area (Å²) in [6.45, 7) is 0. The van der Waals surface area contributed by atoms with E-state index in [2.05, 4.69) is 21.4 Å². The van der Waals surface area contributed by atoms with Crippen molar-refractivity contribution in [3.63, 3.8) is 0 Å². The summed E-state index contributed by atoms with van der Waals surface area (Å²) >= 11 is 9.20. The molecule has 1 atom stereocenters. The lowest BCUT2D eigenvalue weighted by atomic mass is 10.1. The van der Waals surface area contributed by atoms with Gasteiger partial charge in [-0.25, -0.2) is 8.42 Å². The normalized spacial score (nSPS) is 13.6. The van der Waals surface area contributed by atoms with E-state index < -0.39 is 9.84 Å². The fourth-order valence-electron chi connectivity index (χ4n) is 1.41. The summed E-state index contributed by atoms with van der Waals surface area (Å²) < 4.78 is 23.0. The third-order valence-electron chi connectivity index (χ3n) is 2.32. The summed E-state index contributed by atoms with van der Waals surface area (Å²) in [6.07, 6.45) is 1.63. The van der Waals surface area contributed by atoms with Crippen LogP contribution in [0.15, 0.2) is 22.7 Å². The first-order valence-electron chi connectivity index (χ1n) is 4.92. The van der Waals surface area contributed by atoms with Gasteiger partial charge in [0.05, 0.1) is 10.8 Å². The van der Waals surface area contributed by atoms with E-state index in [0.29, 0.717) is 11.4 Å². The van der Waals surface area contributed by atoms with Crippen LogP contribution in [0.4, 0.5) is 0 Å². The van der Waals surface area contributed by atoms with Crippen molar-refractivity contribution in [2.24, 2.45) is 5.84 Å². The number of hydrogen-bond acceptors (Lipinski definition) is 4. The minimum atomic E-state index is -2.99. The van der Waals surface area contributed by atoms with E-state index >= 15 is 0 Å². The van der Waals surface area contributed by atoms with Crippen molar-refractivity contribution in [3.05, 3.63) is 33.3 Å². The Morgan fingerprint density at radius 2 is 2.18 bits per heavy atom. The first-order valence-corrected chi connectivity index (χ1v) is 8.15. The maximum atomic E-state index is 11.1. The van der Waals surface area contributed by atoms with Crippen LogP contribution < -0.4 is 11.3 Å². The monoisotopic (exact) mass is 340 g/mol. The third-order valence-corrected chi connectivity index (χ3v) is 4.52. The van der Waals surface area contributed by atoms with E-state index in [9.17, 15) is 8.42 Å². The molecule has 0 aromatic heterocycles. The van der Waals surface area contributed by atoms with E-state index in [1.807, 2.05) is 12.1 Å². The number of nitrogens with two attached hydrogens (primary N) is 1. The zero-order valence-electron chi connectivity index (χ0n) is 9.28. The second-order valence-electron chi connectivity index (χ2n) is 3.81. The third kappa shape index (κ3) is 4.93. The van der Waals surface area contributed by atoms with Crippen LogP contribution in [0.1, 0.15) is 18.0 Å². The van der Waals surface area contributed by atoms with E-state index in [0.717, 1.165) is 10.0 Å². The number of rotatable bonds is 5. The van der Waals surface area contributed by atoms with Gasteiger partial charge in [0.1, 0.15) is 9.84 Å². The number of hydrazine groups is 1. The summed E-state index contributed by atoms with van der Waals surface area (Å²) in [4.78, 5) is 0. The highest BCUT2D eigenvalue weighted by Gasteiger charge is 2.14. The summed E-state index contributed by atoms with van der Waals surface area (Å²) in [5.74, 6) is 5.51. The fourth-order valence-corrected chi connectivity index (χ4v) is 2.59. The molecule has 0 radical (unpaired) electrons. The van der Waals surface area contributed by atoms with Crippen LogP contribution in [0.5, 0.6) is 0 Å². The maximum absolute atomic E-state index is 11.1. The average molecular weight is 342 g/mol. The highest BCUT2D eigenvalue weighted by atomic mass is 79.9. The van der Waals surface area contributed by atoms with Crippen molar-refractivity contribution < 1.29 is 8.42 Å². The van der Waals surface area contributed by atoms with Crippen molar-refractivity contribution in [1.82, 2.24) is 5.43 Å². The van der Waals surface area contributed by atoms with Crippen LogP contribution in [-0.2, 0) is 9.84 Å². The molecule has 7 heteroatoms. The van der Waals surface area contributed by atoms with Crippen LogP contribution in [0, 0.1) is 0 Å². The van der Waals surface area contributed by atoms with E-state index in [4.69, 9.17) is 17.4 Å². The fraction of sp³-hybridized carbons (Fsp3) is 0.400. The molecule has 0 aliphatic carbocycles. The number of halogens is 2. The van der Waals surface area contributed by atoms with E-state index in [1.54, 1.807) is 6.07 Å². The molecule has 0 aliphatic rings. The van der Waals surface area contributed by atoms with Gasteiger partial charge in [-0.1, -0.05) is 17.7 Å². The predicted octanol–water partition coefficient (Wildman–Crippen LogP) is 2.04. The highest BCUT2D eigenvalue weighted by Crippen LogP contribution is 2.27. The molecule has 0 amide bonds. The number of hydrogen-bond donors (Lipinski definition) is 2. The van der Waals surface area contributed by atoms with Gasteiger partial charge in [-0.05, 0) is 40.0 Å². The Bertz CT molecular complexity index is 493. The first-order chi connectivity index (χ1) is 7.83. The zero-order valence-corrected chi connectivity index (χ0v) is 12.4. The van der Waals surface area contributed by atoms with Gasteiger partial charge >= 0.3 is 0 Å². The molecule has 96 valence electrons. The Morgan fingerprint density at radius 1 is 1.53 bits per heavy atom. The summed E-state index contributed by atoms with van der Waals surface area (Å²) in [5.41, 5.74) is 3.51. The Labute approximate surface area is 115 Å². The molecule has 4 nitrogen and oxygen atoms in total. The zero-order chi connectivity index (χ0) is 13.1. The molecule has 1 aromatic carbocycles. The van der Waals surface area contributed by atoms with E-state index in [-0.39, 0.29) is 11.8 Å². The Balaban J connectivity index is 2.83. The molecule has 0 spiro atoms. The van der Waals surface area contributed by atoms with Gasteiger partial charge in [0, 0.05) is 16.8 Å². The summed E-state index contributed by atoms with van der Waals surface area (Å²) in [7, 11) is -2.99. The molecule has 3 N–H and O–H groups in total. The summed E-state index contributed by atoms with van der Waals surface area (Å²) in [6, 6.07) is 5.18. The molecule has 0 fully saturated rings. The minimum Gasteiger partial charge on any atom is -0.271 e. The second-order valence-corrected chi connectivity index (χ2v) is 7.33. The number of benzene rings is 1. The van der Waals surface area contributed by atoms with Crippen LogP contribution in [-0.4, -0.2) is 20.4 Å². The SMILES string of the molecule is CS(=O)(=O)CCC(NN)c1ccc(Cl)c(Br)c1. The van der Waals surface area contributed by atoms with Crippen LogP contribution >= 0.6 is 27.5 Å². The average Bonchev–Trinajstić information content (AvgIpc) is 2.22. The molecule has 0 saturated carbocycles. The minimum absolute atomic E-state index is 0.0854. The first kappa shape index (κ1) is 14.9. The van der Waals surface area contributed by atoms with Crippen LogP contribution in [0.3, 0.4) is 0 Å². The molecular weight excluding hydrogens is 328 g/mol. The molecule has 0 bridgehead atoms. The molecule has 0 saturated heterocycles. The van der Waals surface area contributed by atoms with Crippen molar-refractivity contribution in [1.29, 1.82) is 0 Å². The van der Waals surface area contributed by atoms with Gasteiger partial charge in [0.15, 0.2) is 0 Å². The number of nitrogens with one attached hydrogen (secondary N) is 1. The lowest BCUT2D eigenvalue weighted by Gasteiger charge is -2.16. The molecule has 1 aromatic rings. The van der Waals surface area contributed by atoms with Gasteiger partial charge in [-0.15, -0.1) is 0 Å². The number of sulfone groups is 1. The van der Waals surface area contributed by atoms with Crippen LogP contribution in [0.25, 0.3) is 0 Å². The Morgan fingerprint density at radius 3 is 2.65 bits per heavy atom. The Hall–Kier alpha value is -0.140. The van der Waals surface area contributed by atoms with E-state index in [1.165, 1.54) is 6.26 Å². The second kappa shape index (κ2) is 6.15. The molecule has 1 rings (SSSR count). The lowest BCUT2D eigenvalue weighted by molar-refractivity contribution is 0.531. The molecular formula is C10H14BrClN2O2S. The molecule has 1 unspecified atom stereocenters. The van der Waals surface area contributed by atoms with Gasteiger partial charge in [-0.2, -0.15) is 0 Å². The van der Waals surface area contributed by atoms with Crippen molar-refractivity contribution >= 4 is 37.4 Å². The highest BCUT2D eigenvalue weighted by molar-refractivity contribution is 9.10. The van der Waals surface area contributed by atoms with Crippen molar-refractivity contribution in [2.45, 2.75) is 12.5 Å². The molecule has 0 aliphatic heterocycles. The van der Waals surface area contributed by atoms with Crippen molar-refractivity contribution in [3.8, 4) is 0 Å². The standard InChI is InChI=1S/C10H14BrClN2O2S/c1-17(15,16)5-4-10(14-13)7-2-3-9(12)8(11)6-7/h2-3,6,10,14H,4-5,13H2,1H3. The van der Waals surface area contributed by atoms with Crippen LogP contribution in [0.2, 0.25) is 5.02 Å². The Kier molecular flexibility index (Phi) is 5.40. The maximum Gasteiger partial charge on any atom is 0.147 e. The van der Waals surface area contributed by atoms with Gasteiger partial charge in [0.25, 0.3) is 0 Å². The molecule has 0 heterocycles. The van der Waals surface area contributed by atoms with Crippen molar-refractivity contribution in [2.75, 3.05) is 12.0 Å². The predicted molar refractivity (Wildman–Crippen MR) is 73.5 cm³/mol. The molecule has 17 heavy (non-hydrogen) atoms. The topological polar surface area (TPSA) is 72.2 Å². The van der Waals surface area contributed by atoms with Gasteiger partial charge in [0.2, 0.25) is 0 Å². The smallest absolute Gasteiger partial charge is 0.147 e. The largest absolute Gasteiger partial charge is 0.271 e. The van der Waals surface area contributed by atoms with Gasteiger partial charge < -0.3 is 0 Å². The quantitative estimate of drug-likeness (QED) is 0.635. The summed E-state index contributed by atoms with van der Waals surface area (Å²) in [5, 5.41) is 0.604.